The predicted molar refractivity (Wildman–Crippen MR) is 72.8 cm³/mol. The minimum absolute atomic E-state index is 0.452. The first-order chi connectivity index (χ1) is 8.58. The molecule has 0 aliphatic heterocycles. The third kappa shape index (κ3) is 2.76. The minimum Gasteiger partial charge on any atom is -0.309 e. The van der Waals surface area contributed by atoms with Crippen molar-refractivity contribution < 1.29 is 0 Å². The molecule has 1 N–H and O–H groups in total. The van der Waals surface area contributed by atoms with E-state index in [9.17, 15) is 0 Å². The Bertz CT molecular complexity index is 528. The molecule has 0 amide bonds. The summed E-state index contributed by atoms with van der Waals surface area (Å²) in [6.07, 6.45) is 1.81. The molecule has 1 aromatic carbocycles. The highest BCUT2D eigenvalue weighted by molar-refractivity contribution is 5.39. The van der Waals surface area contributed by atoms with Crippen LogP contribution < -0.4 is 5.32 Å². The van der Waals surface area contributed by atoms with Crippen LogP contribution in [0.1, 0.15) is 30.7 Å². The Labute approximate surface area is 108 Å². The third-order valence-electron chi connectivity index (χ3n) is 3.05. The average molecular weight is 244 g/mol. The molecule has 0 radical (unpaired) electrons. The first-order valence-electron chi connectivity index (χ1n) is 6.28. The fraction of sp³-hybridized carbons (Fsp3) is 0.429. The number of aromatic nitrogens is 3. The van der Waals surface area contributed by atoms with Gasteiger partial charge in [0.2, 0.25) is 0 Å². The molecule has 4 nitrogen and oxygen atoms in total. The molecule has 18 heavy (non-hydrogen) atoms. The number of benzene rings is 1. The summed E-state index contributed by atoms with van der Waals surface area (Å²) in [5.74, 6) is 0. The van der Waals surface area contributed by atoms with E-state index in [0.717, 1.165) is 17.9 Å². The monoisotopic (exact) mass is 244 g/mol. The summed E-state index contributed by atoms with van der Waals surface area (Å²) in [7, 11) is 0. The van der Waals surface area contributed by atoms with Gasteiger partial charge in [-0.25, -0.2) is 4.68 Å². The number of aryl methyl sites for hydroxylation is 2. The summed E-state index contributed by atoms with van der Waals surface area (Å²) >= 11 is 0. The van der Waals surface area contributed by atoms with E-state index in [-0.39, 0.29) is 0 Å². The van der Waals surface area contributed by atoms with Gasteiger partial charge in [0.15, 0.2) is 0 Å². The molecule has 1 heterocycles. The molecule has 96 valence electrons. The molecule has 0 fully saturated rings. The van der Waals surface area contributed by atoms with Gasteiger partial charge in [0.1, 0.15) is 0 Å². The lowest BCUT2D eigenvalue weighted by molar-refractivity contribution is 0.570. The maximum Gasteiger partial charge on any atom is 0.0783 e. The maximum atomic E-state index is 4.16. The average Bonchev–Trinajstić information content (AvgIpc) is 2.78. The molecule has 0 spiro atoms. The first-order valence-corrected chi connectivity index (χ1v) is 6.28. The molecule has 4 heteroatoms. The van der Waals surface area contributed by atoms with Crippen LogP contribution >= 0.6 is 0 Å². The third-order valence-corrected chi connectivity index (χ3v) is 3.05. The highest BCUT2D eigenvalue weighted by Crippen LogP contribution is 2.14. The summed E-state index contributed by atoms with van der Waals surface area (Å²) in [6.45, 7) is 9.26. The van der Waals surface area contributed by atoms with E-state index >= 15 is 0 Å². The Balaban J connectivity index is 2.27. The van der Waals surface area contributed by atoms with Gasteiger partial charge in [-0.1, -0.05) is 25.1 Å². The normalized spacial score (nSPS) is 11.2. The summed E-state index contributed by atoms with van der Waals surface area (Å²) in [5, 5.41) is 11.5. The van der Waals surface area contributed by atoms with Crippen molar-refractivity contribution in [1.82, 2.24) is 20.3 Å². The van der Waals surface area contributed by atoms with Crippen LogP contribution in [0.4, 0.5) is 0 Å². The van der Waals surface area contributed by atoms with Gasteiger partial charge in [0.25, 0.3) is 0 Å². The molecule has 0 saturated heterocycles. The van der Waals surface area contributed by atoms with Crippen molar-refractivity contribution in [3.8, 4) is 5.69 Å². The summed E-state index contributed by atoms with van der Waals surface area (Å²) in [5.41, 5.74) is 4.70. The van der Waals surface area contributed by atoms with Crippen molar-refractivity contribution in [3.63, 3.8) is 0 Å². The fourth-order valence-corrected chi connectivity index (χ4v) is 1.76. The second-order valence-electron chi connectivity index (χ2n) is 4.94. The van der Waals surface area contributed by atoms with Crippen molar-refractivity contribution in [2.24, 2.45) is 0 Å². The van der Waals surface area contributed by atoms with E-state index < -0.39 is 0 Å². The highest BCUT2D eigenvalue weighted by atomic mass is 15.4. The van der Waals surface area contributed by atoms with Crippen molar-refractivity contribution in [2.45, 2.75) is 40.3 Å². The number of hydrogen-bond donors (Lipinski definition) is 1. The lowest BCUT2D eigenvalue weighted by Crippen LogP contribution is -2.23. The van der Waals surface area contributed by atoms with Gasteiger partial charge in [-0.2, -0.15) is 0 Å². The van der Waals surface area contributed by atoms with E-state index in [2.05, 4.69) is 61.5 Å². The van der Waals surface area contributed by atoms with Gasteiger partial charge < -0.3 is 5.32 Å². The van der Waals surface area contributed by atoms with Crippen LogP contribution in [-0.4, -0.2) is 21.0 Å². The Hall–Kier alpha value is -1.68. The van der Waals surface area contributed by atoms with Crippen LogP contribution in [-0.2, 0) is 6.54 Å². The van der Waals surface area contributed by atoms with Gasteiger partial charge in [-0.3, -0.25) is 0 Å². The van der Waals surface area contributed by atoms with Crippen LogP contribution in [0.2, 0.25) is 0 Å². The van der Waals surface area contributed by atoms with E-state index in [1.165, 1.54) is 11.1 Å². The van der Waals surface area contributed by atoms with Crippen molar-refractivity contribution in [2.75, 3.05) is 0 Å². The summed E-state index contributed by atoms with van der Waals surface area (Å²) in [6, 6.07) is 6.79. The second kappa shape index (κ2) is 5.31. The molecule has 0 saturated carbocycles. The fourth-order valence-electron chi connectivity index (χ4n) is 1.76. The molecular weight excluding hydrogens is 224 g/mol. The predicted octanol–water partition coefficient (Wildman–Crippen LogP) is 2.38. The topological polar surface area (TPSA) is 42.7 Å². The van der Waals surface area contributed by atoms with Gasteiger partial charge in [0, 0.05) is 12.6 Å². The van der Waals surface area contributed by atoms with Crippen LogP contribution in [0.5, 0.6) is 0 Å². The minimum atomic E-state index is 0.452. The highest BCUT2D eigenvalue weighted by Gasteiger charge is 2.07. The number of rotatable bonds is 4. The van der Waals surface area contributed by atoms with E-state index in [0.29, 0.717) is 6.04 Å². The van der Waals surface area contributed by atoms with Crippen molar-refractivity contribution in [3.05, 3.63) is 41.2 Å². The zero-order chi connectivity index (χ0) is 13.1. The van der Waals surface area contributed by atoms with E-state index in [1.54, 1.807) is 0 Å². The molecule has 1 aromatic heterocycles. The maximum absolute atomic E-state index is 4.16. The molecule has 2 rings (SSSR count). The summed E-state index contributed by atoms with van der Waals surface area (Å²) < 4.78 is 1.89. The van der Waals surface area contributed by atoms with Gasteiger partial charge >= 0.3 is 0 Å². The molecule has 2 aromatic rings. The Kier molecular flexibility index (Phi) is 3.77. The molecule has 0 bridgehead atoms. The second-order valence-corrected chi connectivity index (χ2v) is 4.94. The smallest absolute Gasteiger partial charge is 0.0783 e. The zero-order valence-corrected chi connectivity index (χ0v) is 11.4. The molecule has 0 unspecified atom stereocenters. The van der Waals surface area contributed by atoms with Gasteiger partial charge in [-0.05, 0) is 37.1 Å². The van der Waals surface area contributed by atoms with Crippen molar-refractivity contribution >= 4 is 0 Å². The molecule has 0 aliphatic carbocycles. The van der Waals surface area contributed by atoms with Crippen molar-refractivity contribution in [1.29, 1.82) is 0 Å². The van der Waals surface area contributed by atoms with Gasteiger partial charge in [-0.15, -0.1) is 5.10 Å². The summed E-state index contributed by atoms with van der Waals surface area (Å²) in [4.78, 5) is 0. The molecule has 0 aliphatic rings. The van der Waals surface area contributed by atoms with Crippen LogP contribution in [0, 0.1) is 13.8 Å². The SMILES string of the molecule is Cc1ccc(-n2nncc2CNC(C)C)cc1C. The number of hydrogen-bond acceptors (Lipinski definition) is 3. The van der Waals surface area contributed by atoms with E-state index in [4.69, 9.17) is 0 Å². The number of nitrogens with one attached hydrogen (secondary N) is 1. The van der Waals surface area contributed by atoms with E-state index in [1.807, 2.05) is 10.9 Å². The Morgan fingerprint density at radius 3 is 2.67 bits per heavy atom. The van der Waals surface area contributed by atoms with Gasteiger partial charge in [0.05, 0.1) is 17.6 Å². The Morgan fingerprint density at radius 2 is 2.00 bits per heavy atom. The van der Waals surface area contributed by atoms with Crippen LogP contribution in [0.3, 0.4) is 0 Å². The number of nitrogens with zero attached hydrogens (tertiary/aromatic N) is 3. The Morgan fingerprint density at radius 1 is 1.22 bits per heavy atom. The first kappa shape index (κ1) is 12.8. The lowest BCUT2D eigenvalue weighted by Gasteiger charge is -2.10. The molecular formula is C14H20N4. The quantitative estimate of drug-likeness (QED) is 0.898. The standard InChI is InChI=1S/C14H20N4/c1-10(2)15-8-14-9-16-17-18(14)13-6-5-11(3)12(4)7-13/h5-7,9-10,15H,8H2,1-4H3. The molecule has 0 atom stereocenters. The largest absolute Gasteiger partial charge is 0.309 e. The lowest BCUT2D eigenvalue weighted by atomic mass is 10.1. The van der Waals surface area contributed by atoms with Crippen LogP contribution in [0.25, 0.3) is 5.69 Å². The van der Waals surface area contributed by atoms with Crippen LogP contribution in [0.15, 0.2) is 24.4 Å². The zero-order valence-electron chi connectivity index (χ0n) is 11.4.